The van der Waals surface area contributed by atoms with Crippen molar-refractivity contribution in [3.8, 4) is 0 Å². The Balaban J connectivity index is 2.44. The van der Waals surface area contributed by atoms with Gasteiger partial charge >= 0.3 is 0 Å². The summed E-state index contributed by atoms with van der Waals surface area (Å²) in [5.74, 6) is -0.0431. The van der Waals surface area contributed by atoms with Gasteiger partial charge in [-0.15, -0.1) is 0 Å². The van der Waals surface area contributed by atoms with Crippen molar-refractivity contribution in [2.24, 2.45) is 5.73 Å². The first-order chi connectivity index (χ1) is 8.99. The van der Waals surface area contributed by atoms with Crippen LogP contribution in [0.3, 0.4) is 0 Å². The molecule has 0 radical (unpaired) electrons. The van der Waals surface area contributed by atoms with Crippen LogP contribution in [0.2, 0.25) is 5.02 Å². The average Bonchev–Trinajstić information content (AvgIpc) is 2.32. The zero-order valence-corrected chi connectivity index (χ0v) is 11.6. The number of halogens is 2. The molecule has 6 heteroatoms. The molecule has 1 aromatic heterocycles. The maximum Gasteiger partial charge on any atom is 0.148 e. The van der Waals surface area contributed by atoms with Crippen LogP contribution in [0.25, 0.3) is 0 Å². The van der Waals surface area contributed by atoms with E-state index in [2.05, 4.69) is 10.3 Å². The highest BCUT2D eigenvalue weighted by atomic mass is 35.5. The SMILES string of the molecule is Cc1ccnc(Nc2ccc(Cl)cc2F)c1C(N)=S. The van der Waals surface area contributed by atoms with Gasteiger partial charge in [0.05, 0.1) is 11.3 Å². The van der Waals surface area contributed by atoms with Gasteiger partial charge in [-0.1, -0.05) is 23.8 Å². The third-order valence-electron chi connectivity index (χ3n) is 2.59. The Morgan fingerprint density at radius 2 is 2.16 bits per heavy atom. The summed E-state index contributed by atoms with van der Waals surface area (Å²) in [5.41, 5.74) is 7.41. The van der Waals surface area contributed by atoms with E-state index in [4.69, 9.17) is 29.6 Å². The predicted molar refractivity (Wildman–Crippen MR) is 79.6 cm³/mol. The van der Waals surface area contributed by atoms with Gasteiger partial charge in [0.15, 0.2) is 0 Å². The highest BCUT2D eigenvalue weighted by molar-refractivity contribution is 7.80. The van der Waals surface area contributed by atoms with E-state index in [9.17, 15) is 4.39 Å². The largest absolute Gasteiger partial charge is 0.389 e. The van der Waals surface area contributed by atoms with Crippen molar-refractivity contribution in [3.63, 3.8) is 0 Å². The molecule has 0 amide bonds. The molecule has 0 aliphatic heterocycles. The molecule has 0 spiro atoms. The molecular formula is C13H11ClFN3S. The van der Waals surface area contributed by atoms with Crippen LogP contribution in [0.5, 0.6) is 0 Å². The first-order valence-corrected chi connectivity index (χ1v) is 6.25. The van der Waals surface area contributed by atoms with Gasteiger partial charge in [-0.25, -0.2) is 9.37 Å². The molecule has 2 aromatic rings. The van der Waals surface area contributed by atoms with Gasteiger partial charge in [0.1, 0.15) is 16.6 Å². The summed E-state index contributed by atoms with van der Waals surface area (Å²) in [6.07, 6.45) is 1.60. The molecule has 98 valence electrons. The average molecular weight is 296 g/mol. The number of benzene rings is 1. The van der Waals surface area contributed by atoms with Gasteiger partial charge in [0.25, 0.3) is 0 Å². The minimum absolute atomic E-state index is 0.211. The van der Waals surface area contributed by atoms with Crippen LogP contribution < -0.4 is 11.1 Å². The molecular weight excluding hydrogens is 285 g/mol. The number of hydrogen-bond acceptors (Lipinski definition) is 3. The second-order valence-electron chi connectivity index (χ2n) is 3.96. The monoisotopic (exact) mass is 295 g/mol. The molecule has 1 aromatic carbocycles. The number of anilines is 2. The van der Waals surface area contributed by atoms with Crippen LogP contribution in [0, 0.1) is 12.7 Å². The Kier molecular flexibility index (Phi) is 3.97. The number of nitrogens with two attached hydrogens (primary N) is 1. The number of thiocarbonyl (C=S) groups is 1. The molecule has 0 atom stereocenters. The van der Waals surface area contributed by atoms with Crippen LogP contribution >= 0.6 is 23.8 Å². The third-order valence-corrected chi connectivity index (χ3v) is 3.03. The predicted octanol–water partition coefficient (Wildman–Crippen LogP) is 3.56. The standard InChI is InChI=1S/C13H11ClFN3S/c1-7-4-5-17-13(11(7)12(16)19)18-10-3-2-8(14)6-9(10)15/h2-6H,1H3,(H2,16,19)(H,17,18). The van der Waals surface area contributed by atoms with Gasteiger partial charge in [0.2, 0.25) is 0 Å². The Hall–Kier alpha value is -1.72. The minimum Gasteiger partial charge on any atom is -0.389 e. The van der Waals surface area contributed by atoms with Crippen molar-refractivity contribution in [3.05, 3.63) is 52.4 Å². The molecule has 19 heavy (non-hydrogen) atoms. The lowest BCUT2D eigenvalue weighted by molar-refractivity contribution is 0.632. The molecule has 2 rings (SSSR count). The van der Waals surface area contributed by atoms with E-state index in [-0.39, 0.29) is 10.7 Å². The van der Waals surface area contributed by atoms with Crippen molar-refractivity contribution >= 4 is 40.3 Å². The summed E-state index contributed by atoms with van der Waals surface area (Å²) in [5, 5.41) is 3.21. The summed E-state index contributed by atoms with van der Waals surface area (Å²) in [6, 6.07) is 6.13. The summed E-state index contributed by atoms with van der Waals surface area (Å²) < 4.78 is 13.7. The van der Waals surface area contributed by atoms with Crippen molar-refractivity contribution in [1.82, 2.24) is 4.98 Å². The van der Waals surface area contributed by atoms with E-state index in [1.165, 1.54) is 12.1 Å². The van der Waals surface area contributed by atoms with E-state index < -0.39 is 5.82 Å². The number of nitrogens with one attached hydrogen (secondary N) is 1. The first-order valence-electron chi connectivity index (χ1n) is 5.46. The first kappa shape index (κ1) is 13.7. The quantitative estimate of drug-likeness (QED) is 0.850. The van der Waals surface area contributed by atoms with Crippen molar-refractivity contribution in [2.45, 2.75) is 6.92 Å². The van der Waals surface area contributed by atoms with E-state index in [0.29, 0.717) is 16.4 Å². The molecule has 0 saturated heterocycles. The van der Waals surface area contributed by atoms with Crippen molar-refractivity contribution in [2.75, 3.05) is 5.32 Å². The Labute approximate surface area is 120 Å². The zero-order chi connectivity index (χ0) is 14.0. The minimum atomic E-state index is -0.468. The van der Waals surface area contributed by atoms with E-state index in [1.807, 2.05) is 6.92 Å². The molecule has 0 aliphatic carbocycles. The Bertz CT molecular complexity index is 646. The lowest BCUT2D eigenvalue weighted by Crippen LogP contribution is -2.15. The van der Waals surface area contributed by atoms with Gasteiger partial charge in [-0.2, -0.15) is 0 Å². The number of rotatable bonds is 3. The Morgan fingerprint density at radius 3 is 2.79 bits per heavy atom. The molecule has 0 fully saturated rings. The second-order valence-corrected chi connectivity index (χ2v) is 4.84. The number of aromatic nitrogens is 1. The summed E-state index contributed by atoms with van der Waals surface area (Å²) >= 11 is 10.7. The summed E-state index contributed by atoms with van der Waals surface area (Å²) in [4.78, 5) is 4.35. The fraction of sp³-hybridized carbons (Fsp3) is 0.0769. The van der Waals surface area contributed by atoms with Crippen LogP contribution in [0.4, 0.5) is 15.9 Å². The molecule has 0 saturated carbocycles. The third kappa shape index (κ3) is 3.00. The number of nitrogens with zero attached hydrogens (tertiary/aromatic N) is 1. The fourth-order valence-electron chi connectivity index (χ4n) is 1.68. The zero-order valence-electron chi connectivity index (χ0n) is 10.1. The number of aryl methyl sites for hydroxylation is 1. The van der Waals surface area contributed by atoms with Crippen LogP contribution in [0.1, 0.15) is 11.1 Å². The molecule has 3 nitrogen and oxygen atoms in total. The maximum absolute atomic E-state index is 13.7. The lowest BCUT2D eigenvalue weighted by atomic mass is 10.1. The second kappa shape index (κ2) is 5.50. The van der Waals surface area contributed by atoms with E-state index in [1.54, 1.807) is 18.3 Å². The smallest absolute Gasteiger partial charge is 0.148 e. The van der Waals surface area contributed by atoms with E-state index >= 15 is 0 Å². The Morgan fingerprint density at radius 1 is 1.42 bits per heavy atom. The normalized spacial score (nSPS) is 10.3. The highest BCUT2D eigenvalue weighted by Gasteiger charge is 2.12. The number of hydrogen-bond donors (Lipinski definition) is 2. The number of pyridine rings is 1. The van der Waals surface area contributed by atoms with E-state index in [0.717, 1.165) is 5.56 Å². The van der Waals surface area contributed by atoms with Crippen LogP contribution in [-0.2, 0) is 0 Å². The van der Waals surface area contributed by atoms with Crippen LogP contribution in [0.15, 0.2) is 30.5 Å². The highest BCUT2D eigenvalue weighted by Crippen LogP contribution is 2.25. The van der Waals surface area contributed by atoms with Gasteiger partial charge in [-0.05, 0) is 36.8 Å². The van der Waals surface area contributed by atoms with Gasteiger partial charge < -0.3 is 11.1 Å². The van der Waals surface area contributed by atoms with Crippen molar-refractivity contribution in [1.29, 1.82) is 0 Å². The van der Waals surface area contributed by atoms with Crippen LogP contribution in [-0.4, -0.2) is 9.97 Å². The summed E-state index contributed by atoms with van der Waals surface area (Å²) in [7, 11) is 0. The topological polar surface area (TPSA) is 50.9 Å². The molecule has 1 heterocycles. The van der Waals surface area contributed by atoms with Crippen molar-refractivity contribution < 1.29 is 4.39 Å². The fourth-order valence-corrected chi connectivity index (χ4v) is 2.10. The molecule has 3 N–H and O–H groups in total. The molecule has 0 unspecified atom stereocenters. The molecule has 0 bridgehead atoms. The van der Waals surface area contributed by atoms with Gasteiger partial charge in [-0.3, -0.25) is 0 Å². The maximum atomic E-state index is 13.7. The van der Waals surface area contributed by atoms with Gasteiger partial charge in [0, 0.05) is 11.2 Å². The lowest BCUT2D eigenvalue weighted by Gasteiger charge is -2.12. The molecule has 0 aliphatic rings. The summed E-state index contributed by atoms with van der Waals surface area (Å²) in [6.45, 7) is 1.86.